The molecule has 1 aliphatic carbocycles. The van der Waals surface area contributed by atoms with Crippen molar-refractivity contribution in [1.29, 1.82) is 0 Å². The summed E-state index contributed by atoms with van der Waals surface area (Å²) in [5, 5.41) is 3.59. The second-order valence-electron chi connectivity index (χ2n) is 8.35. The number of hydrogen-bond acceptors (Lipinski definition) is 4. The number of amides is 1. The van der Waals surface area contributed by atoms with E-state index < -0.39 is 5.60 Å². The first-order valence-corrected chi connectivity index (χ1v) is 8.83. The number of hydrogen-bond donors (Lipinski definition) is 1. The van der Waals surface area contributed by atoms with Gasteiger partial charge in [-0.2, -0.15) is 0 Å². The molecule has 23 heavy (non-hydrogen) atoms. The first kappa shape index (κ1) is 20.2. The molecule has 1 saturated carbocycles. The minimum Gasteiger partial charge on any atom is -0.444 e. The van der Waals surface area contributed by atoms with Crippen LogP contribution in [0, 0.1) is 5.41 Å². The van der Waals surface area contributed by atoms with E-state index in [0.717, 1.165) is 6.54 Å². The molecule has 0 aromatic rings. The molecule has 0 aromatic heterocycles. The van der Waals surface area contributed by atoms with E-state index in [1.165, 1.54) is 25.7 Å². The summed E-state index contributed by atoms with van der Waals surface area (Å²) in [6.07, 6.45) is 4.71. The van der Waals surface area contributed by atoms with E-state index in [1.54, 1.807) is 12.0 Å². The second kappa shape index (κ2) is 8.88. The average Bonchev–Trinajstić information content (AvgIpc) is 2.42. The molecular weight excluding hydrogens is 292 g/mol. The van der Waals surface area contributed by atoms with Crippen molar-refractivity contribution in [1.82, 2.24) is 10.2 Å². The largest absolute Gasteiger partial charge is 0.444 e. The van der Waals surface area contributed by atoms with Crippen LogP contribution in [0.15, 0.2) is 0 Å². The van der Waals surface area contributed by atoms with E-state index >= 15 is 0 Å². The van der Waals surface area contributed by atoms with Crippen LogP contribution in [0.3, 0.4) is 0 Å². The van der Waals surface area contributed by atoms with Crippen molar-refractivity contribution >= 4 is 6.09 Å². The number of carbonyl (C=O) groups excluding carboxylic acids is 1. The third-order valence-electron chi connectivity index (χ3n) is 4.37. The summed E-state index contributed by atoms with van der Waals surface area (Å²) in [6.45, 7) is 12.9. The molecule has 1 amide bonds. The summed E-state index contributed by atoms with van der Waals surface area (Å²) in [7, 11) is 1.65. The Morgan fingerprint density at radius 1 is 1.22 bits per heavy atom. The van der Waals surface area contributed by atoms with Crippen LogP contribution >= 0.6 is 0 Å². The maximum absolute atomic E-state index is 12.3. The molecule has 5 nitrogen and oxygen atoms in total. The minimum absolute atomic E-state index is 0.263. The number of methoxy groups -OCH3 is 1. The molecule has 0 bridgehead atoms. The van der Waals surface area contributed by atoms with Crippen LogP contribution in [0.25, 0.3) is 0 Å². The molecule has 0 saturated heterocycles. The zero-order valence-electron chi connectivity index (χ0n) is 15.9. The van der Waals surface area contributed by atoms with Crippen LogP contribution in [0.4, 0.5) is 4.79 Å². The Hall–Kier alpha value is -0.810. The zero-order valence-corrected chi connectivity index (χ0v) is 15.9. The van der Waals surface area contributed by atoms with Gasteiger partial charge in [-0.15, -0.1) is 0 Å². The Balaban J connectivity index is 2.37. The van der Waals surface area contributed by atoms with Gasteiger partial charge in [0.05, 0.1) is 6.61 Å². The molecular formula is C18H36N2O3. The van der Waals surface area contributed by atoms with E-state index in [1.807, 2.05) is 20.8 Å². The second-order valence-corrected chi connectivity index (χ2v) is 8.35. The van der Waals surface area contributed by atoms with Crippen LogP contribution in [0.5, 0.6) is 0 Å². The molecule has 1 N–H and O–H groups in total. The Labute approximate surface area is 142 Å². The first-order valence-electron chi connectivity index (χ1n) is 8.83. The molecule has 136 valence electrons. The molecule has 5 heteroatoms. The molecule has 0 heterocycles. The predicted molar refractivity (Wildman–Crippen MR) is 93.7 cm³/mol. The van der Waals surface area contributed by atoms with Crippen LogP contribution in [0.2, 0.25) is 0 Å². The molecule has 0 unspecified atom stereocenters. The van der Waals surface area contributed by atoms with Crippen LogP contribution < -0.4 is 5.32 Å². The van der Waals surface area contributed by atoms with Gasteiger partial charge in [-0.25, -0.2) is 4.79 Å². The first-order chi connectivity index (χ1) is 10.6. The van der Waals surface area contributed by atoms with Crippen molar-refractivity contribution in [2.24, 2.45) is 5.41 Å². The highest BCUT2D eigenvalue weighted by molar-refractivity contribution is 5.68. The monoisotopic (exact) mass is 328 g/mol. The number of ether oxygens (including phenoxy) is 2. The SMILES string of the molecule is COCCN(CCNC1CCC(C)(C)CC1)C(=O)OC(C)(C)C. The standard InChI is InChI=1S/C18H36N2O3/c1-17(2,3)23-16(21)20(13-14-22-6)12-11-19-15-7-9-18(4,5)10-8-15/h15,19H,7-14H2,1-6H3. The molecule has 1 fully saturated rings. The molecule has 0 spiro atoms. The normalized spacial score (nSPS) is 18.7. The zero-order chi connectivity index (χ0) is 17.5. The number of rotatable bonds is 7. The number of nitrogens with one attached hydrogen (secondary N) is 1. The van der Waals surface area contributed by atoms with Gasteiger partial charge in [0, 0.05) is 32.8 Å². The summed E-state index contributed by atoms with van der Waals surface area (Å²) in [6, 6.07) is 0.575. The minimum atomic E-state index is -0.467. The van der Waals surface area contributed by atoms with Crippen LogP contribution in [-0.2, 0) is 9.47 Å². The van der Waals surface area contributed by atoms with Crippen molar-refractivity contribution < 1.29 is 14.3 Å². The van der Waals surface area contributed by atoms with E-state index in [9.17, 15) is 4.79 Å². The maximum atomic E-state index is 12.3. The van der Waals surface area contributed by atoms with Gasteiger partial charge in [-0.05, 0) is 51.9 Å². The summed E-state index contributed by atoms with van der Waals surface area (Å²) >= 11 is 0. The van der Waals surface area contributed by atoms with Crippen molar-refractivity contribution in [3.8, 4) is 0 Å². The quantitative estimate of drug-likeness (QED) is 0.778. The molecule has 0 aliphatic heterocycles. The van der Waals surface area contributed by atoms with E-state index in [0.29, 0.717) is 31.2 Å². The fourth-order valence-electron chi connectivity index (χ4n) is 2.83. The third-order valence-corrected chi connectivity index (χ3v) is 4.37. The molecule has 1 aliphatic rings. The van der Waals surface area contributed by atoms with Gasteiger partial charge >= 0.3 is 6.09 Å². The number of carbonyl (C=O) groups is 1. The van der Waals surface area contributed by atoms with Gasteiger partial charge in [0.2, 0.25) is 0 Å². The van der Waals surface area contributed by atoms with Gasteiger partial charge < -0.3 is 19.7 Å². The Kier molecular flexibility index (Phi) is 7.81. The summed E-state index contributed by atoms with van der Waals surface area (Å²) in [5.41, 5.74) is 0.0178. The summed E-state index contributed by atoms with van der Waals surface area (Å²) in [5.74, 6) is 0. The average molecular weight is 328 g/mol. The van der Waals surface area contributed by atoms with Crippen molar-refractivity contribution in [2.75, 3.05) is 33.4 Å². The van der Waals surface area contributed by atoms with Crippen LogP contribution in [-0.4, -0.2) is 56.0 Å². The topological polar surface area (TPSA) is 50.8 Å². The fraction of sp³-hybridized carbons (Fsp3) is 0.944. The Morgan fingerprint density at radius 2 is 1.83 bits per heavy atom. The lowest BCUT2D eigenvalue weighted by Crippen LogP contribution is -2.44. The molecule has 0 atom stereocenters. The lowest BCUT2D eigenvalue weighted by Gasteiger charge is -2.35. The van der Waals surface area contributed by atoms with E-state index in [4.69, 9.17) is 9.47 Å². The van der Waals surface area contributed by atoms with E-state index in [-0.39, 0.29) is 6.09 Å². The van der Waals surface area contributed by atoms with Crippen molar-refractivity contribution in [3.05, 3.63) is 0 Å². The van der Waals surface area contributed by atoms with Gasteiger partial charge in [0.15, 0.2) is 0 Å². The van der Waals surface area contributed by atoms with Crippen molar-refractivity contribution in [2.45, 2.75) is 71.9 Å². The lowest BCUT2D eigenvalue weighted by molar-refractivity contribution is 0.0201. The summed E-state index contributed by atoms with van der Waals surface area (Å²) in [4.78, 5) is 14.0. The van der Waals surface area contributed by atoms with E-state index in [2.05, 4.69) is 19.2 Å². The van der Waals surface area contributed by atoms with Crippen LogP contribution in [0.1, 0.15) is 60.3 Å². The van der Waals surface area contributed by atoms with Gasteiger partial charge in [0.1, 0.15) is 5.60 Å². The lowest BCUT2D eigenvalue weighted by atomic mass is 9.75. The Bertz CT molecular complexity index is 354. The van der Waals surface area contributed by atoms with Gasteiger partial charge in [-0.3, -0.25) is 0 Å². The number of nitrogens with zero attached hydrogens (tertiary/aromatic N) is 1. The third kappa shape index (κ3) is 8.56. The van der Waals surface area contributed by atoms with Crippen molar-refractivity contribution in [3.63, 3.8) is 0 Å². The highest BCUT2D eigenvalue weighted by Gasteiger charge is 2.27. The maximum Gasteiger partial charge on any atom is 0.410 e. The molecule has 0 aromatic carbocycles. The molecule has 0 radical (unpaired) electrons. The summed E-state index contributed by atoms with van der Waals surface area (Å²) < 4.78 is 10.6. The predicted octanol–water partition coefficient (Wildman–Crippen LogP) is 3.43. The van der Waals surface area contributed by atoms with Gasteiger partial charge in [0.25, 0.3) is 0 Å². The Morgan fingerprint density at radius 3 is 2.35 bits per heavy atom. The fourth-order valence-corrected chi connectivity index (χ4v) is 2.83. The highest BCUT2D eigenvalue weighted by Crippen LogP contribution is 2.34. The molecule has 1 rings (SSSR count). The highest BCUT2D eigenvalue weighted by atomic mass is 16.6. The van der Waals surface area contributed by atoms with Gasteiger partial charge in [-0.1, -0.05) is 13.8 Å². The smallest absolute Gasteiger partial charge is 0.410 e.